The lowest BCUT2D eigenvalue weighted by Gasteiger charge is -2.38. The van der Waals surface area contributed by atoms with E-state index in [2.05, 4.69) is 6.58 Å². The minimum atomic E-state index is -4.22. The van der Waals surface area contributed by atoms with Gasteiger partial charge in [0, 0.05) is 19.0 Å². The minimum absolute atomic E-state index is 0.0940. The first-order valence-electron chi connectivity index (χ1n) is 11.8. The Hall–Kier alpha value is -3.42. The van der Waals surface area contributed by atoms with Crippen molar-refractivity contribution < 1.29 is 22.7 Å². The largest absolute Gasteiger partial charge is 0.497 e. The lowest BCUT2D eigenvalue weighted by Crippen LogP contribution is -2.55. The number of carbonyl (C=O) groups is 1. The number of likely N-dealkylation sites (tertiary alicyclic amines) is 1. The van der Waals surface area contributed by atoms with Crippen LogP contribution in [0.2, 0.25) is 0 Å². The first-order chi connectivity index (χ1) is 17.4. The summed E-state index contributed by atoms with van der Waals surface area (Å²) in [5.41, 5.74) is 1.64. The molecule has 1 aliphatic rings. The van der Waals surface area contributed by atoms with Gasteiger partial charge in [-0.1, -0.05) is 66.7 Å². The number of hydrogen-bond acceptors (Lipinski definition) is 6. The summed E-state index contributed by atoms with van der Waals surface area (Å²) in [6, 6.07) is 24.2. The molecule has 1 aliphatic heterocycles. The summed E-state index contributed by atoms with van der Waals surface area (Å²) < 4.78 is 38.0. The predicted molar refractivity (Wildman–Crippen MR) is 140 cm³/mol. The maximum atomic E-state index is 14.6. The number of methoxy groups -OCH3 is 2. The van der Waals surface area contributed by atoms with E-state index in [1.54, 1.807) is 43.5 Å². The summed E-state index contributed by atoms with van der Waals surface area (Å²) in [7, 11) is -1.36. The fourth-order valence-electron chi connectivity index (χ4n) is 5.43. The van der Waals surface area contributed by atoms with Gasteiger partial charge in [0.2, 0.25) is 0 Å². The quantitative estimate of drug-likeness (QED) is 0.315. The zero-order valence-electron chi connectivity index (χ0n) is 20.5. The molecule has 6 nitrogen and oxygen atoms in total. The third kappa shape index (κ3) is 4.33. The van der Waals surface area contributed by atoms with Crippen LogP contribution < -0.4 is 4.74 Å². The first kappa shape index (κ1) is 25.7. The average molecular weight is 506 g/mol. The molecule has 0 aromatic heterocycles. The molecule has 0 saturated carbocycles. The molecule has 3 aromatic carbocycles. The smallest absolute Gasteiger partial charge is 0.329 e. The SMILES string of the molecule is C=CCN1CC(Cc2ccc(OC)cc2)[C@](C(=O)OC)(S(=O)(=O)c2ccccc2)[C@H]1c1ccccc1. The number of benzene rings is 3. The maximum Gasteiger partial charge on any atom is 0.329 e. The van der Waals surface area contributed by atoms with Crippen LogP contribution in [0.1, 0.15) is 17.2 Å². The molecule has 3 aromatic rings. The maximum absolute atomic E-state index is 14.6. The van der Waals surface area contributed by atoms with Crippen LogP contribution >= 0.6 is 0 Å². The Labute approximate surface area is 213 Å². The van der Waals surface area contributed by atoms with Gasteiger partial charge in [0.05, 0.1) is 25.2 Å². The molecule has 188 valence electrons. The van der Waals surface area contributed by atoms with E-state index in [0.29, 0.717) is 25.3 Å². The number of rotatable bonds is 9. The molecule has 1 saturated heterocycles. The number of esters is 1. The molecule has 0 radical (unpaired) electrons. The normalized spacial score (nSPS) is 22.2. The second kappa shape index (κ2) is 10.7. The molecular formula is C29H31NO5S. The molecule has 7 heteroatoms. The first-order valence-corrected chi connectivity index (χ1v) is 13.3. The summed E-state index contributed by atoms with van der Waals surface area (Å²) in [6.07, 6.45) is 2.10. The van der Waals surface area contributed by atoms with Gasteiger partial charge in [-0.05, 0) is 41.8 Å². The lowest BCUT2D eigenvalue weighted by molar-refractivity contribution is -0.145. The van der Waals surface area contributed by atoms with Gasteiger partial charge in [0.25, 0.3) is 0 Å². The standard InChI is InChI=1S/C29H31NO5S/c1-4-19-30-21-24(20-22-15-17-25(34-2)18-16-22)29(28(31)35-3,27(30)23-11-7-5-8-12-23)36(32,33)26-13-9-6-10-14-26/h4-18,24,27H,1,19-21H2,2-3H3/t24?,27-,29+/m1/s1. The van der Waals surface area contributed by atoms with Gasteiger partial charge in [-0.15, -0.1) is 6.58 Å². The second-order valence-electron chi connectivity index (χ2n) is 8.91. The van der Waals surface area contributed by atoms with Gasteiger partial charge in [0.1, 0.15) is 5.75 Å². The molecule has 1 unspecified atom stereocenters. The van der Waals surface area contributed by atoms with Gasteiger partial charge in [-0.3, -0.25) is 9.69 Å². The van der Waals surface area contributed by atoms with Crippen molar-refractivity contribution in [2.75, 3.05) is 27.3 Å². The zero-order chi connectivity index (χ0) is 25.8. The molecule has 4 rings (SSSR count). The third-order valence-corrected chi connectivity index (χ3v) is 9.46. The third-order valence-electron chi connectivity index (χ3n) is 6.96. The topological polar surface area (TPSA) is 72.9 Å². The number of sulfone groups is 1. The molecule has 0 amide bonds. The van der Waals surface area contributed by atoms with Gasteiger partial charge in [-0.25, -0.2) is 8.42 Å². The Balaban J connectivity index is 1.98. The number of ether oxygens (including phenoxy) is 2. The molecule has 1 heterocycles. The minimum Gasteiger partial charge on any atom is -0.497 e. The lowest BCUT2D eigenvalue weighted by atomic mass is 9.82. The van der Waals surface area contributed by atoms with Crippen LogP contribution in [0.3, 0.4) is 0 Å². The van der Waals surface area contributed by atoms with Crippen molar-refractivity contribution in [1.82, 2.24) is 4.90 Å². The molecule has 0 spiro atoms. The summed E-state index contributed by atoms with van der Waals surface area (Å²) in [5.74, 6) is -0.643. The summed E-state index contributed by atoms with van der Waals surface area (Å²) >= 11 is 0. The Morgan fingerprint density at radius 3 is 2.17 bits per heavy atom. The van der Waals surface area contributed by atoms with E-state index in [9.17, 15) is 13.2 Å². The fourth-order valence-corrected chi connectivity index (χ4v) is 7.81. The van der Waals surface area contributed by atoms with Crippen molar-refractivity contribution >= 4 is 15.8 Å². The van der Waals surface area contributed by atoms with Gasteiger partial charge in [0.15, 0.2) is 14.6 Å². The van der Waals surface area contributed by atoms with E-state index in [0.717, 1.165) is 11.1 Å². The molecule has 0 bridgehead atoms. The van der Waals surface area contributed by atoms with E-state index in [1.165, 1.54) is 7.11 Å². The Morgan fingerprint density at radius 2 is 1.61 bits per heavy atom. The highest BCUT2D eigenvalue weighted by Crippen LogP contribution is 2.53. The van der Waals surface area contributed by atoms with Crippen LogP contribution in [-0.2, 0) is 25.8 Å². The summed E-state index contributed by atoms with van der Waals surface area (Å²) in [5, 5.41) is 0. The Kier molecular flexibility index (Phi) is 7.62. The molecule has 3 atom stereocenters. The van der Waals surface area contributed by atoms with Crippen LogP contribution in [-0.4, -0.2) is 51.3 Å². The van der Waals surface area contributed by atoms with Crippen molar-refractivity contribution in [2.45, 2.75) is 22.1 Å². The Morgan fingerprint density at radius 1 is 1.00 bits per heavy atom. The molecular weight excluding hydrogens is 474 g/mol. The van der Waals surface area contributed by atoms with Crippen LogP contribution in [0.25, 0.3) is 0 Å². The molecule has 1 fully saturated rings. The summed E-state index contributed by atoms with van der Waals surface area (Å²) in [4.78, 5) is 16.0. The van der Waals surface area contributed by atoms with Gasteiger partial charge in [-0.2, -0.15) is 0 Å². The highest BCUT2D eigenvalue weighted by Gasteiger charge is 2.68. The van der Waals surface area contributed by atoms with E-state index >= 15 is 0 Å². The van der Waals surface area contributed by atoms with E-state index in [1.807, 2.05) is 59.5 Å². The van der Waals surface area contributed by atoms with Crippen molar-refractivity contribution in [2.24, 2.45) is 5.92 Å². The van der Waals surface area contributed by atoms with Crippen LogP contribution in [0.5, 0.6) is 5.75 Å². The van der Waals surface area contributed by atoms with E-state index in [-0.39, 0.29) is 4.90 Å². The van der Waals surface area contributed by atoms with Crippen LogP contribution in [0.4, 0.5) is 0 Å². The second-order valence-corrected chi connectivity index (χ2v) is 11.1. The number of carbonyl (C=O) groups excluding carboxylic acids is 1. The number of nitrogens with zero attached hydrogens (tertiary/aromatic N) is 1. The van der Waals surface area contributed by atoms with Gasteiger partial charge >= 0.3 is 5.97 Å². The van der Waals surface area contributed by atoms with Crippen molar-refractivity contribution in [3.8, 4) is 5.75 Å². The van der Waals surface area contributed by atoms with Crippen LogP contribution in [0, 0.1) is 5.92 Å². The number of hydrogen-bond donors (Lipinski definition) is 0. The Bertz CT molecular complexity index is 1290. The monoisotopic (exact) mass is 505 g/mol. The van der Waals surface area contributed by atoms with Crippen molar-refractivity contribution in [3.63, 3.8) is 0 Å². The van der Waals surface area contributed by atoms with E-state index < -0.39 is 32.5 Å². The van der Waals surface area contributed by atoms with Crippen molar-refractivity contribution in [3.05, 3.63) is 109 Å². The van der Waals surface area contributed by atoms with Gasteiger partial charge < -0.3 is 9.47 Å². The highest BCUT2D eigenvalue weighted by molar-refractivity contribution is 7.93. The zero-order valence-corrected chi connectivity index (χ0v) is 21.4. The summed E-state index contributed by atoms with van der Waals surface area (Å²) in [6.45, 7) is 4.68. The highest BCUT2D eigenvalue weighted by atomic mass is 32.2. The van der Waals surface area contributed by atoms with E-state index in [4.69, 9.17) is 9.47 Å². The molecule has 36 heavy (non-hydrogen) atoms. The van der Waals surface area contributed by atoms with Crippen molar-refractivity contribution in [1.29, 1.82) is 0 Å². The van der Waals surface area contributed by atoms with Crippen LogP contribution in [0.15, 0.2) is 102 Å². The fraction of sp³-hybridized carbons (Fsp3) is 0.276. The molecule has 0 N–H and O–H groups in total. The molecule has 0 aliphatic carbocycles. The predicted octanol–water partition coefficient (Wildman–Crippen LogP) is 4.48. The average Bonchev–Trinajstić information content (AvgIpc) is 3.24.